The van der Waals surface area contributed by atoms with Gasteiger partial charge in [-0.3, -0.25) is 20.2 Å². The highest BCUT2D eigenvalue weighted by Crippen LogP contribution is 2.44. The molecule has 0 atom stereocenters. The van der Waals surface area contributed by atoms with Crippen LogP contribution in [0.15, 0.2) is 6.07 Å². The molecule has 0 saturated carbocycles. The Kier molecular flexibility index (Phi) is 3.46. The number of nitrogens with one attached hydrogen (secondary N) is 1. The maximum atomic E-state index is 13.3. The molecule has 8 nitrogen and oxygen atoms in total. The van der Waals surface area contributed by atoms with Gasteiger partial charge in [0.15, 0.2) is 11.3 Å². The Morgan fingerprint density at radius 1 is 1.09 bits per heavy atom. The highest BCUT2D eigenvalue weighted by atomic mass is 19.4. The molecule has 124 valence electrons. The number of benzene rings is 1. The summed E-state index contributed by atoms with van der Waals surface area (Å²) in [7, 11) is 0. The molecule has 1 heterocycles. The monoisotopic (exact) mass is 340 g/mol. The molecule has 0 fully saturated rings. The summed E-state index contributed by atoms with van der Waals surface area (Å²) in [5, 5.41) is 21.7. The zero-order chi connectivity index (χ0) is 17.7. The first kappa shape index (κ1) is 16.5. The van der Waals surface area contributed by atoms with E-state index in [4.69, 9.17) is 0 Å². The van der Waals surface area contributed by atoms with Crippen molar-refractivity contribution in [2.75, 3.05) is 0 Å². The van der Waals surface area contributed by atoms with Crippen LogP contribution in [-0.4, -0.2) is 26.0 Å². The Balaban J connectivity index is 2.87. The number of hydrogen-bond donors (Lipinski definition) is 1. The average Bonchev–Trinajstić information content (AvgIpc) is 2.82. The molecule has 0 aliphatic rings. The lowest BCUT2D eigenvalue weighted by Gasteiger charge is -2.16. The number of alkyl halides is 5. The standard InChI is InChI=1S/C10H5F5N4O4/c1-3-4(18(20)21)2-5(19(22)23)7-6(3)16-8(17-7)9(11,12)10(13,14)15/h2H,1H3,(H,16,17). The van der Waals surface area contributed by atoms with E-state index in [2.05, 4.69) is 4.98 Å². The number of nitro benzene ring substituents is 2. The summed E-state index contributed by atoms with van der Waals surface area (Å²) < 4.78 is 63.7. The van der Waals surface area contributed by atoms with Gasteiger partial charge in [-0.25, -0.2) is 4.98 Å². The number of fused-ring (bicyclic) bond motifs is 1. The maximum absolute atomic E-state index is 13.3. The third-order valence-corrected chi connectivity index (χ3v) is 3.03. The number of nitrogens with zero attached hydrogens (tertiary/aromatic N) is 3. The number of nitro groups is 2. The molecule has 2 aromatic rings. The number of imidazole rings is 1. The van der Waals surface area contributed by atoms with Gasteiger partial charge in [-0.1, -0.05) is 0 Å². The van der Waals surface area contributed by atoms with E-state index in [0.29, 0.717) is 6.07 Å². The minimum Gasteiger partial charge on any atom is -0.336 e. The molecule has 0 saturated heterocycles. The molecule has 1 aromatic heterocycles. The Morgan fingerprint density at radius 2 is 1.61 bits per heavy atom. The molecular weight excluding hydrogens is 335 g/mol. The van der Waals surface area contributed by atoms with Crippen LogP contribution in [0.4, 0.5) is 33.3 Å². The summed E-state index contributed by atoms with van der Waals surface area (Å²) in [5.74, 6) is -7.28. The van der Waals surface area contributed by atoms with Crippen LogP contribution < -0.4 is 0 Å². The number of aryl methyl sites for hydroxylation is 1. The van der Waals surface area contributed by atoms with Crippen LogP contribution in [0.3, 0.4) is 0 Å². The predicted molar refractivity (Wildman–Crippen MR) is 64.1 cm³/mol. The van der Waals surface area contributed by atoms with E-state index in [1.54, 1.807) is 4.98 Å². The lowest BCUT2D eigenvalue weighted by Crippen LogP contribution is -2.34. The van der Waals surface area contributed by atoms with Crippen molar-refractivity contribution in [1.29, 1.82) is 0 Å². The van der Waals surface area contributed by atoms with Crippen LogP contribution in [0.1, 0.15) is 11.4 Å². The molecule has 23 heavy (non-hydrogen) atoms. The first-order chi connectivity index (χ1) is 10.4. The van der Waals surface area contributed by atoms with Gasteiger partial charge < -0.3 is 4.98 Å². The molecule has 0 radical (unpaired) electrons. The Bertz CT molecular complexity index is 829. The number of non-ortho nitro benzene ring substituents is 1. The van der Waals surface area contributed by atoms with Gasteiger partial charge in [-0.15, -0.1) is 0 Å². The molecule has 0 amide bonds. The third-order valence-electron chi connectivity index (χ3n) is 3.03. The van der Waals surface area contributed by atoms with Crippen molar-refractivity contribution in [3.63, 3.8) is 0 Å². The van der Waals surface area contributed by atoms with E-state index in [0.717, 1.165) is 6.92 Å². The quantitative estimate of drug-likeness (QED) is 0.523. The summed E-state index contributed by atoms with van der Waals surface area (Å²) in [4.78, 5) is 24.1. The fourth-order valence-corrected chi connectivity index (χ4v) is 1.88. The minimum atomic E-state index is -5.99. The normalized spacial score (nSPS) is 12.6. The van der Waals surface area contributed by atoms with Gasteiger partial charge in [0.25, 0.3) is 5.69 Å². The van der Waals surface area contributed by atoms with Crippen molar-refractivity contribution in [3.05, 3.63) is 37.7 Å². The summed E-state index contributed by atoms with van der Waals surface area (Å²) >= 11 is 0. The van der Waals surface area contributed by atoms with Crippen molar-refractivity contribution in [1.82, 2.24) is 9.97 Å². The number of aromatic amines is 1. The lowest BCUT2D eigenvalue weighted by atomic mass is 10.1. The van der Waals surface area contributed by atoms with E-state index in [9.17, 15) is 42.2 Å². The zero-order valence-corrected chi connectivity index (χ0v) is 10.9. The van der Waals surface area contributed by atoms with Crippen molar-refractivity contribution in [3.8, 4) is 0 Å². The van der Waals surface area contributed by atoms with Crippen LogP contribution >= 0.6 is 0 Å². The second-order valence-corrected chi connectivity index (χ2v) is 4.44. The Morgan fingerprint density at radius 3 is 2.04 bits per heavy atom. The van der Waals surface area contributed by atoms with Gasteiger partial charge in [-0.2, -0.15) is 22.0 Å². The number of halogens is 5. The molecular formula is C10H5F5N4O4. The largest absolute Gasteiger partial charge is 0.461 e. The summed E-state index contributed by atoms with van der Waals surface area (Å²) in [6.07, 6.45) is -5.99. The van der Waals surface area contributed by atoms with Crippen molar-refractivity contribution in [2.45, 2.75) is 19.0 Å². The van der Waals surface area contributed by atoms with E-state index in [-0.39, 0.29) is 5.56 Å². The number of aromatic nitrogens is 2. The van der Waals surface area contributed by atoms with E-state index in [1.807, 2.05) is 0 Å². The Labute approximate surface area is 122 Å². The van der Waals surface area contributed by atoms with Gasteiger partial charge in [0.1, 0.15) is 0 Å². The molecule has 0 aliphatic carbocycles. The van der Waals surface area contributed by atoms with Gasteiger partial charge in [-0.05, 0) is 6.92 Å². The van der Waals surface area contributed by atoms with Gasteiger partial charge in [0.05, 0.1) is 27.0 Å². The zero-order valence-electron chi connectivity index (χ0n) is 10.9. The highest BCUT2D eigenvalue weighted by Gasteiger charge is 2.61. The van der Waals surface area contributed by atoms with Gasteiger partial charge in [0.2, 0.25) is 0 Å². The Hall–Kier alpha value is -2.86. The first-order valence-corrected chi connectivity index (χ1v) is 5.65. The fraction of sp³-hybridized carbons (Fsp3) is 0.300. The topological polar surface area (TPSA) is 115 Å². The van der Waals surface area contributed by atoms with Gasteiger partial charge in [0, 0.05) is 0 Å². The number of H-pyrrole nitrogens is 1. The molecule has 0 spiro atoms. The molecule has 2 rings (SSSR count). The second-order valence-electron chi connectivity index (χ2n) is 4.44. The van der Waals surface area contributed by atoms with E-state index in [1.165, 1.54) is 0 Å². The number of hydrogen-bond acceptors (Lipinski definition) is 5. The summed E-state index contributed by atoms with van der Waals surface area (Å²) in [5.41, 5.74) is -3.68. The molecule has 0 bridgehead atoms. The van der Waals surface area contributed by atoms with Crippen molar-refractivity contribution < 1.29 is 31.8 Å². The summed E-state index contributed by atoms with van der Waals surface area (Å²) in [6, 6.07) is 0.452. The maximum Gasteiger partial charge on any atom is 0.461 e. The molecule has 13 heteroatoms. The second kappa shape index (κ2) is 4.82. The third kappa shape index (κ3) is 2.43. The van der Waals surface area contributed by atoms with Crippen LogP contribution in [0.2, 0.25) is 0 Å². The van der Waals surface area contributed by atoms with Crippen LogP contribution in [0.25, 0.3) is 11.0 Å². The highest BCUT2D eigenvalue weighted by molar-refractivity contribution is 5.90. The van der Waals surface area contributed by atoms with Crippen LogP contribution in [-0.2, 0) is 5.92 Å². The van der Waals surface area contributed by atoms with Crippen LogP contribution in [0.5, 0.6) is 0 Å². The molecule has 1 N–H and O–H groups in total. The average molecular weight is 340 g/mol. The predicted octanol–water partition coefficient (Wildman–Crippen LogP) is 3.34. The molecule has 0 unspecified atom stereocenters. The minimum absolute atomic E-state index is 0.354. The van der Waals surface area contributed by atoms with Gasteiger partial charge >= 0.3 is 17.8 Å². The fourth-order valence-electron chi connectivity index (χ4n) is 1.88. The smallest absolute Gasteiger partial charge is 0.336 e. The summed E-state index contributed by atoms with van der Waals surface area (Å²) in [6.45, 7) is 1.04. The van der Waals surface area contributed by atoms with Crippen LogP contribution in [0, 0.1) is 27.2 Å². The van der Waals surface area contributed by atoms with E-state index >= 15 is 0 Å². The molecule has 0 aliphatic heterocycles. The molecule has 1 aromatic carbocycles. The lowest BCUT2D eigenvalue weighted by molar-refractivity contribution is -0.393. The van der Waals surface area contributed by atoms with Crippen molar-refractivity contribution >= 4 is 22.4 Å². The number of rotatable bonds is 3. The first-order valence-electron chi connectivity index (χ1n) is 5.65. The van der Waals surface area contributed by atoms with Crippen molar-refractivity contribution in [2.24, 2.45) is 0 Å². The SMILES string of the molecule is Cc1c([N+](=O)[O-])cc([N+](=O)[O-])c2nc(C(F)(F)C(F)(F)F)[nH]c12. The van der Waals surface area contributed by atoms with E-state index < -0.39 is 50.2 Å².